The molecule has 5 heteroatoms. The van der Waals surface area contributed by atoms with E-state index in [0.29, 0.717) is 4.60 Å². The Labute approximate surface area is 85.1 Å². The molecule has 1 N–H and O–H groups in total. The number of aromatic carboxylic acids is 1. The molecule has 0 saturated carbocycles. The van der Waals surface area contributed by atoms with Gasteiger partial charge in [-0.25, -0.2) is 9.78 Å². The molecule has 0 saturated heterocycles. The minimum absolute atomic E-state index is 0.0591. The van der Waals surface area contributed by atoms with E-state index in [2.05, 4.69) is 20.9 Å². The van der Waals surface area contributed by atoms with Crippen molar-refractivity contribution >= 4 is 44.5 Å². The Bertz CT molecular complexity index is 282. The Hall–Kier alpha value is -0.170. The summed E-state index contributed by atoms with van der Waals surface area (Å²) in [6.45, 7) is 0. The third-order valence-electron chi connectivity index (χ3n) is 0.978. The molecular weight excluding hydrogens is 325 g/mol. The number of pyridine rings is 1. The number of halogens is 2. The van der Waals surface area contributed by atoms with Crippen molar-refractivity contribution in [2.75, 3.05) is 0 Å². The summed E-state index contributed by atoms with van der Waals surface area (Å²) in [5.74, 6) is -1.01. The molecule has 1 aromatic heterocycles. The highest BCUT2D eigenvalue weighted by molar-refractivity contribution is 14.1. The quantitative estimate of drug-likeness (QED) is 0.635. The number of carboxylic acids is 1. The number of carboxylic acid groups (broad SMARTS) is 1. The van der Waals surface area contributed by atoms with E-state index in [-0.39, 0.29) is 5.69 Å². The van der Waals surface area contributed by atoms with Crippen LogP contribution >= 0.6 is 38.5 Å². The SMILES string of the molecule is O=C(O)c1cc(I)cc(Br)n1. The predicted molar refractivity (Wildman–Crippen MR) is 51.6 cm³/mol. The summed E-state index contributed by atoms with van der Waals surface area (Å²) < 4.78 is 1.39. The second kappa shape index (κ2) is 3.48. The Balaban J connectivity index is 3.19. The van der Waals surface area contributed by atoms with Crippen LogP contribution in [-0.2, 0) is 0 Å². The fourth-order valence-electron chi connectivity index (χ4n) is 0.575. The van der Waals surface area contributed by atoms with Crippen LogP contribution in [0.5, 0.6) is 0 Å². The molecule has 0 fully saturated rings. The zero-order chi connectivity index (χ0) is 8.43. The van der Waals surface area contributed by atoms with Gasteiger partial charge < -0.3 is 5.11 Å². The highest BCUT2D eigenvalue weighted by Crippen LogP contribution is 2.13. The monoisotopic (exact) mass is 327 g/mol. The number of hydrogen-bond donors (Lipinski definition) is 1. The first-order valence-electron chi connectivity index (χ1n) is 2.66. The van der Waals surface area contributed by atoms with Gasteiger partial charge in [0.1, 0.15) is 4.60 Å². The second-order valence-corrected chi connectivity index (χ2v) is 3.86. The molecule has 1 rings (SSSR count). The van der Waals surface area contributed by atoms with Gasteiger partial charge in [-0.2, -0.15) is 0 Å². The van der Waals surface area contributed by atoms with E-state index in [4.69, 9.17) is 5.11 Å². The largest absolute Gasteiger partial charge is 0.477 e. The van der Waals surface area contributed by atoms with Gasteiger partial charge in [0.05, 0.1) is 0 Å². The molecule has 3 nitrogen and oxygen atoms in total. The van der Waals surface area contributed by atoms with Crippen molar-refractivity contribution in [3.63, 3.8) is 0 Å². The van der Waals surface area contributed by atoms with Crippen LogP contribution in [0.25, 0.3) is 0 Å². The molecule has 1 aromatic rings. The third-order valence-corrected chi connectivity index (χ3v) is 2.01. The van der Waals surface area contributed by atoms with Crippen molar-refractivity contribution in [1.82, 2.24) is 4.98 Å². The minimum Gasteiger partial charge on any atom is -0.477 e. The lowest BCUT2D eigenvalue weighted by atomic mass is 10.4. The van der Waals surface area contributed by atoms with Gasteiger partial charge >= 0.3 is 5.97 Å². The zero-order valence-electron chi connectivity index (χ0n) is 5.21. The topological polar surface area (TPSA) is 50.2 Å². The van der Waals surface area contributed by atoms with Gasteiger partial charge in [0, 0.05) is 3.57 Å². The van der Waals surface area contributed by atoms with E-state index >= 15 is 0 Å². The average Bonchev–Trinajstić information content (AvgIpc) is 1.85. The predicted octanol–water partition coefficient (Wildman–Crippen LogP) is 2.15. The molecule has 0 aromatic carbocycles. The van der Waals surface area contributed by atoms with E-state index in [1.165, 1.54) is 6.07 Å². The fourth-order valence-corrected chi connectivity index (χ4v) is 2.03. The van der Waals surface area contributed by atoms with Crippen LogP contribution < -0.4 is 0 Å². The second-order valence-electron chi connectivity index (χ2n) is 1.80. The standard InChI is InChI=1S/C6H3BrINO2/c7-5-2-3(8)1-4(9-5)6(10)11/h1-2H,(H,10,11). The van der Waals surface area contributed by atoms with Gasteiger partial charge in [-0.1, -0.05) is 0 Å². The van der Waals surface area contributed by atoms with Gasteiger partial charge in [0.25, 0.3) is 0 Å². The van der Waals surface area contributed by atoms with Crippen LogP contribution in [0.2, 0.25) is 0 Å². The summed E-state index contributed by atoms with van der Waals surface area (Å²) >= 11 is 5.13. The van der Waals surface area contributed by atoms with E-state index < -0.39 is 5.97 Å². The van der Waals surface area contributed by atoms with Crippen LogP contribution in [0, 0.1) is 3.57 Å². The number of rotatable bonds is 1. The Kier molecular flexibility index (Phi) is 2.83. The smallest absolute Gasteiger partial charge is 0.354 e. The maximum atomic E-state index is 10.4. The molecule has 0 spiro atoms. The van der Waals surface area contributed by atoms with Crippen LogP contribution in [-0.4, -0.2) is 16.1 Å². The van der Waals surface area contributed by atoms with Crippen molar-refractivity contribution in [2.45, 2.75) is 0 Å². The van der Waals surface area contributed by atoms with Crippen LogP contribution in [0.1, 0.15) is 10.5 Å². The van der Waals surface area contributed by atoms with Crippen LogP contribution in [0.3, 0.4) is 0 Å². The zero-order valence-corrected chi connectivity index (χ0v) is 8.96. The van der Waals surface area contributed by atoms with Gasteiger partial charge in [-0.15, -0.1) is 0 Å². The van der Waals surface area contributed by atoms with E-state index in [9.17, 15) is 4.79 Å². The Morgan fingerprint density at radius 1 is 1.64 bits per heavy atom. The van der Waals surface area contributed by atoms with Crippen molar-refractivity contribution in [3.8, 4) is 0 Å². The molecule has 0 bridgehead atoms. The molecule has 58 valence electrons. The number of aromatic nitrogens is 1. The maximum absolute atomic E-state index is 10.4. The fraction of sp³-hybridized carbons (Fsp3) is 0. The lowest BCUT2D eigenvalue weighted by molar-refractivity contribution is 0.0690. The van der Waals surface area contributed by atoms with Crippen LogP contribution in [0.4, 0.5) is 0 Å². The molecule has 0 unspecified atom stereocenters. The van der Waals surface area contributed by atoms with E-state index in [0.717, 1.165) is 3.57 Å². The molecule has 0 aliphatic carbocycles. The summed E-state index contributed by atoms with van der Waals surface area (Å²) in [5, 5.41) is 8.55. The normalized spacial score (nSPS) is 9.64. The van der Waals surface area contributed by atoms with E-state index in [1.807, 2.05) is 22.6 Å². The van der Waals surface area contributed by atoms with Gasteiger partial charge in [0.15, 0.2) is 5.69 Å². The van der Waals surface area contributed by atoms with Crippen molar-refractivity contribution < 1.29 is 9.90 Å². The first kappa shape index (κ1) is 8.92. The summed E-state index contributed by atoms with van der Waals surface area (Å²) in [6.07, 6.45) is 0. The first-order valence-corrected chi connectivity index (χ1v) is 4.53. The van der Waals surface area contributed by atoms with Crippen molar-refractivity contribution in [2.24, 2.45) is 0 Å². The Morgan fingerprint density at radius 3 is 2.73 bits per heavy atom. The van der Waals surface area contributed by atoms with Gasteiger partial charge in [-0.3, -0.25) is 0 Å². The maximum Gasteiger partial charge on any atom is 0.354 e. The minimum atomic E-state index is -1.01. The van der Waals surface area contributed by atoms with Crippen LogP contribution in [0.15, 0.2) is 16.7 Å². The lowest BCUT2D eigenvalue weighted by Crippen LogP contribution is -2.00. The van der Waals surface area contributed by atoms with Crippen molar-refractivity contribution in [1.29, 1.82) is 0 Å². The Morgan fingerprint density at radius 2 is 2.27 bits per heavy atom. The lowest BCUT2D eigenvalue weighted by Gasteiger charge is -1.95. The highest BCUT2D eigenvalue weighted by Gasteiger charge is 2.05. The number of nitrogens with zero attached hydrogens (tertiary/aromatic N) is 1. The first-order chi connectivity index (χ1) is 5.09. The van der Waals surface area contributed by atoms with Crippen molar-refractivity contribution in [3.05, 3.63) is 26.0 Å². The molecule has 11 heavy (non-hydrogen) atoms. The molecule has 1 heterocycles. The summed E-state index contributed by atoms with van der Waals surface area (Å²) in [4.78, 5) is 14.2. The van der Waals surface area contributed by atoms with E-state index in [1.54, 1.807) is 6.07 Å². The summed E-state index contributed by atoms with van der Waals surface area (Å²) in [5.41, 5.74) is 0.0591. The van der Waals surface area contributed by atoms with Gasteiger partial charge in [0.2, 0.25) is 0 Å². The molecule has 0 aliphatic heterocycles. The molecule has 0 amide bonds. The highest BCUT2D eigenvalue weighted by atomic mass is 127. The summed E-state index contributed by atoms with van der Waals surface area (Å²) in [7, 11) is 0. The molecule has 0 radical (unpaired) electrons. The van der Waals surface area contributed by atoms with Gasteiger partial charge in [-0.05, 0) is 50.7 Å². The number of hydrogen-bond acceptors (Lipinski definition) is 2. The average molecular weight is 328 g/mol. The third kappa shape index (κ3) is 2.41. The molecule has 0 atom stereocenters. The number of carbonyl (C=O) groups is 1. The molecule has 0 aliphatic rings. The molecular formula is C6H3BrINO2. The summed E-state index contributed by atoms with van der Waals surface area (Å²) in [6, 6.07) is 3.25.